The lowest BCUT2D eigenvalue weighted by Crippen LogP contribution is -2.43. The second-order valence-corrected chi connectivity index (χ2v) is 5.80. The summed E-state index contributed by atoms with van der Waals surface area (Å²) in [6.45, 7) is 5.44. The van der Waals surface area contributed by atoms with E-state index in [1.54, 1.807) is 0 Å². The predicted molar refractivity (Wildman–Crippen MR) is 76.7 cm³/mol. The monoisotopic (exact) mass is 308 g/mol. The highest BCUT2D eigenvalue weighted by Gasteiger charge is 2.16. The standard InChI is InChI=1S/C14H17BrN2O/c1-16-5-7-17(8-6-16)10-12-9-11-3-2-4-13(15)14(11)18-12/h2-4,9H,5-8,10H2,1H3. The summed E-state index contributed by atoms with van der Waals surface area (Å²) >= 11 is 3.53. The van der Waals surface area contributed by atoms with Crippen molar-refractivity contribution in [2.75, 3.05) is 33.2 Å². The van der Waals surface area contributed by atoms with Gasteiger partial charge in [0.1, 0.15) is 11.3 Å². The van der Waals surface area contributed by atoms with Gasteiger partial charge in [-0.05, 0) is 35.1 Å². The summed E-state index contributed by atoms with van der Waals surface area (Å²) in [6.07, 6.45) is 0. The molecule has 0 atom stereocenters. The molecule has 0 N–H and O–H groups in total. The third-order valence-electron chi connectivity index (χ3n) is 3.52. The summed E-state index contributed by atoms with van der Waals surface area (Å²) in [5, 5.41) is 1.17. The van der Waals surface area contributed by atoms with Crippen LogP contribution in [0.4, 0.5) is 0 Å². The molecule has 3 rings (SSSR count). The zero-order chi connectivity index (χ0) is 12.5. The van der Waals surface area contributed by atoms with E-state index in [1.807, 2.05) is 12.1 Å². The molecule has 1 saturated heterocycles. The molecule has 0 aliphatic carbocycles. The molecule has 2 heterocycles. The molecular formula is C14H17BrN2O. The number of para-hydroxylation sites is 1. The Morgan fingerprint density at radius 1 is 1.22 bits per heavy atom. The van der Waals surface area contributed by atoms with Gasteiger partial charge in [-0.2, -0.15) is 0 Å². The summed E-state index contributed by atoms with van der Waals surface area (Å²) in [5.41, 5.74) is 0.960. The number of benzene rings is 1. The summed E-state index contributed by atoms with van der Waals surface area (Å²) < 4.78 is 6.96. The summed E-state index contributed by atoms with van der Waals surface area (Å²) in [6, 6.07) is 8.31. The molecule has 0 bridgehead atoms. The molecule has 18 heavy (non-hydrogen) atoms. The van der Waals surface area contributed by atoms with Gasteiger partial charge in [0.15, 0.2) is 0 Å². The fourth-order valence-electron chi connectivity index (χ4n) is 2.39. The first-order valence-electron chi connectivity index (χ1n) is 6.30. The van der Waals surface area contributed by atoms with Gasteiger partial charge in [0, 0.05) is 31.6 Å². The molecule has 2 aromatic rings. The Kier molecular flexibility index (Phi) is 3.41. The van der Waals surface area contributed by atoms with Crippen LogP contribution in [-0.2, 0) is 6.54 Å². The van der Waals surface area contributed by atoms with E-state index in [1.165, 1.54) is 5.39 Å². The maximum atomic E-state index is 5.93. The normalized spacial score (nSPS) is 18.6. The zero-order valence-corrected chi connectivity index (χ0v) is 12.1. The molecule has 4 heteroatoms. The van der Waals surface area contributed by atoms with Crippen LogP contribution in [0.15, 0.2) is 33.2 Å². The molecule has 0 saturated carbocycles. The first-order chi connectivity index (χ1) is 8.72. The first kappa shape index (κ1) is 12.2. The van der Waals surface area contributed by atoms with Crippen molar-refractivity contribution in [3.8, 4) is 0 Å². The van der Waals surface area contributed by atoms with Gasteiger partial charge >= 0.3 is 0 Å². The Morgan fingerprint density at radius 3 is 2.72 bits per heavy atom. The zero-order valence-electron chi connectivity index (χ0n) is 10.5. The third-order valence-corrected chi connectivity index (χ3v) is 4.15. The molecule has 1 aromatic carbocycles. The fraction of sp³-hybridized carbons (Fsp3) is 0.429. The lowest BCUT2D eigenvalue weighted by atomic mass is 10.2. The van der Waals surface area contributed by atoms with Crippen molar-refractivity contribution in [1.82, 2.24) is 9.80 Å². The topological polar surface area (TPSA) is 19.6 Å². The lowest BCUT2D eigenvalue weighted by Gasteiger charge is -2.31. The van der Waals surface area contributed by atoms with Gasteiger partial charge in [-0.25, -0.2) is 0 Å². The van der Waals surface area contributed by atoms with Gasteiger partial charge in [-0.15, -0.1) is 0 Å². The maximum absolute atomic E-state index is 5.93. The molecule has 0 amide bonds. The van der Waals surface area contributed by atoms with Crippen LogP contribution in [-0.4, -0.2) is 43.0 Å². The van der Waals surface area contributed by atoms with Gasteiger partial charge in [0.2, 0.25) is 0 Å². The highest BCUT2D eigenvalue weighted by Crippen LogP contribution is 2.27. The molecule has 1 aromatic heterocycles. The number of furan rings is 1. The van der Waals surface area contributed by atoms with E-state index >= 15 is 0 Å². The fourth-order valence-corrected chi connectivity index (χ4v) is 2.85. The largest absolute Gasteiger partial charge is 0.459 e. The van der Waals surface area contributed by atoms with E-state index in [2.05, 4.69) is 44.9 Å². The highest BCUT2D eigenvalue weighted by molar-refractivity contribution is 9.10. The quantitative estimate of drug-likeness (QED) is 0.850. The van der Waals surface area contributed by atoms with Crippen molar-refractivity contribution in [2.45, 2.75) is 6.54 Å². The van der Waals surface area contributed by atoms with Crippen LogP contribution < -0.4 is 0 Å². The van der Waals surface area contributed by atoms with Gasteiger partial charge in [-0.1, -0.05) is 12.1 Å². The Hall–Kier alpha value is -0.840. The van der Waals surface area contributed by atoms with Gasteiger partial charge in [-0.3, -0.25) is 4.90 Å². The minimum Gasteiger partial charge on any atom is -0.459 e. The number of halogens is 1. The van der Waals surface area contributed by atoms with Crippen molar-refractivity contribution in [3.05, 3.63) is 34.5 Å². The van der Waals surface area contributed by atoms with Crippen LogP contribution in [0.1, 0.15) is 5.76 Å². The number of fused-ring (bicyclic) bond motifs is 1. The number of rotatable bonds is 2. The van der Waals surface area contributed by atoms with Crippen LogP contribution in [0.2, 0.25) is 0 Å². The number of piperazine rings is 1. The smallest absolute Gasteiger partial charge is 0.148 e. The summed E-state index contributed by atoms with van der Waals surface area (Å²) in [5.74, 6) is 1.06. The molecule has 3 nitrogen and oxygen atoms in total. The van der Waals surface area contributed by atoms with Crippen molar-refractivity contribution in [1.29, 1.82) is 0 Å². The van der Waals surface area contributed by atoms with E-state index in [4.69, 9.17) is 4.42 Å². The Labute approximate surface area is 115 Å². The minimum atomic E-state index is 0.912. The summed E-state index contributed by atoms with van der Waals surface area (Å²) in [7, 11) is 2.18. The van der Waals surface area contributed by atoms with Gasteiger partial charge in [0.25, 0.3) is 0 Å². The minimum absolute atomic E-state index is 0.912. The predicted octanol–water partition coefficient (Wildman–Crippen LogP) is 2.94. The Bertz CT molecular complexity index is 544. The number of hydrogen-bond donors (Lipinski definition) is 0. The second kappa shape index (κ2) is 5.03. The van der Waals surface area contributed by atoms with E-state index < -0.39 is 0 Å². The van der Waals surface area contributed by atoms with E-state index in [0.29, 0.717) is 0 Å². The SMILES string of the molecule is CN1CCN(Cc2cc3cccc(Br)c3o2)CC1. The van der Waals surface area contributed by atoms with Crippen LogP contribution in [0.3, 0.4) is 0 Å². The molecule has 0 unspecified atom stereocenters. The van der Waals surface area contributed by atoms with Gasteiger partial charge < -0.3 is 9.32 Å². The molecule has 0 radical (unpaired) electrons. The average Bonchev–Trinajstić information content (AvgIpc) is 2.76. The molecule has 1 aliphatic rings. The van der Waals surface area contributed by atoms with Crippen LogP contribution >= 0.6 is 15.9 Å². The van der Waals surface area contributed by atoms with Crippen molar-refractivity contribution in [2.24, 2.45) is 0 Å². The number of likely N-dealkylation sites (N-methyl/N-ethyl adjacent to an activating group) is 1. The third kappa shape index (κ3) is 2.46. The van der Waals surface area contributed by atoms with Crippen LogP contribution in [0.5, 0.6) is 0 Å². The van der Waals surface area contributed by atoms with Crippen molar-refractivity contribution < 1.29 is 4.42 Å². The van der Waals surface area contributed by atoms with E-state index in [-0.39, 0.29) is 0 Å². The molecule has 96 valence electrons. The molecule has 1 aliphatic heterocycles. The molecular weight excluding hydrogens is 292 g/mol. The van der Waals surface area contributed by atoms with E-state index in [0.717, 1.165) is 48.5 Å². The number of hydrogen-bond acceptors (Lipinski definition) is 3. The maximum Gasteiger partial charge on any atom is 0.148 e. The molecule has 1 fully saturated rings. The highest BCUT2D eigenvalue weighted by atomic mass is 79.9. The van der Waals surface area contributed by atoms with Gasteiger partial charge in [0.05, 0.1) is 11.0 Å². The van der Waals surface area contributed by atoms with Crippen molar-refractivity contribution >= 4 is 26.9 Å². The van der Waals surface area contributed by atoms with E-state index in [9.17, 15) is 0 Å². The lowest BCUT2D eigenvalue weighted by molar-refractivity contribution is 0.141. The number of nitrogens with zero attached hydrogens (tertiary/aromatic N) is 2. The first-order valence-corrected chi connectivity index (χ1v) is 7.09. The molecule has 0 spiro atoms. The summed E-state index contributed by atoms with van der Waals surface area (Å²) in [4.78, 5) is 4.82. The van der Waals surface area contributed by atoms with Crippen LogP contribution in [0, 0.1) is 0 Å². The average molecular weight is 309 g/mol. The van der Waals surface area contributed by atoms with Crippen LogP contribution in [0.25, 0.3) is 11.0 Å². The van der Waals surface area contributed by atoms with Crippen molar-refractivity contribution in [3.63, 3.8) is 0 Å². The Balaban J connectivity index is 1.77. The second-order valence-electron chi connectivity index (χ2n) is 4.95. The Morgan fingerprint density at radius 2 is 2.00 bits per heavy atom.